The monoisotopic (exact) mass is 428 g/mol. The van der Waals surface area contributed by atoms with E-state index in [0.29, 0.717) is 10.2 Å². The summed E-state index contributed by atoms with van der Waals surface area (Å²) in [6.45, 7) is -0.0397. The lowest BCUT2D eigenvalue weighted by Crippen LogP contribution is -2.20. The summed E-state index contributed by atoms with van der Waals surface area (Å²) in [5, 5.41) is 4.65. The largest absolute Gasteiger partial charge is 0.416 e. The predicted octanol–water partition coefficient (Wildman–Crippen LogP) is 4.73. The van der Waals surface area contributed by atoms with Crippen LogP contribution in [0.2, 0.25) is 0 Å². The molecule has 2 aromatic carbocycles. The van der Waals surface area contributed by atoms with Crippen molar-refractivity contribution in [1.82, 2.24) is 19.7 Å². The Morgan fingerprint density at radius 3 is 2.77 bits per heavy atom. The van der Waals surface area contributed by atoms with E-state index < -0.39 is 11.7 Å². The van der Waals surface area contributed by atoms with Crippen molar-refractivity contribution >= 4 is 31.6 Å². The Hall–Kier alpha value is -3.53. The molecule has 0 aliphatic rings. The number of rotatable bonds is 3. The molecule has 3 heterocycles. The maximum Gasteiger partial charge on any atom is 0.416 e. The molecule has 0 aliphatic carbocycles. The molecule has 0 bridgehead atoms. The molecule has 5 rings (SSSR count). The van der Waals surface area contributed by atoms with E-state index in [1.165, 1.54) is 34.4 Å². The maximum absolute atomic E-state index is 12.9. The van der Waals surface area contributed by atoms with Crippen LogP contribution in [0.4, 0.5) is 13.2 Å². The van der Waals surface area contributed by atoms with Crippen LogP contribution in [0.3, 0.4) is 0 Å². The van der Waals surface area contributed by atoms with Crippen molar-refractivity contribution in [1.29, 1.82) is 0 Å². The molecule has 3 aromatic heterocycles. The zero-order valence-electron chi connectivity index (χ0n) is 15.1. The molecule has 0 spiro atoms. The lowest BCUT2D eigenvalue weighted by Gasteiger charge is -2.06. The maximum atomic E-state index is 12.9. The molecule has 0 N–H and O–H groups in total. The first-order valence-corrected chi connectivity index (χ1v) is 9.59. The lowest BCUT2D eigenvalue weighted by atomic mass is 10.1. The third-order valence-corrected chi connectivity index (χ3v) is 5.72. The molecule has 0 atom stereocenters. The van der Waals surface area contributed by atoms with Crippen LogP contribution in [-0.2, 0) is 12.7 Å². The molecule has 0 aliphatic heterocycles. The zero-order valence-corrected chi connectivity index (χ0v) is 15.9. The summed E-state index contributed by atoms with van der Waals surface area (Å²) < 4.78 is 46.7. The summed E-state index contributed by atoms with van der Waals surface area (Å²) in [5.41, 5.74) is -0.251. The molecule has 6 nitrogen and oxygen atoms in total. The molecule has 0 fully saturated rings. The highest BCUT2D eigenvalue weighted by Crippen LogP contribution is 2.32. The topological polar surface area (TPSA) is 73.8 Å². The van der Waals surface area contributed by atoms with Gasteiger partial charge >= 0.3 is 6.18 Å². The molecular formula is C20H11F3N4O2S. The second-order valence-electron chi connectivity index (χ2n) is 6.54. The first-order chi connectivity index (χ1) is 14.4. The van der Waals surface area contributed by atoms with E-state index >= 15 is 0 Å². The van der Waals surface area contributed by atoms with Crippen LogP contribution in [-0.4, -0.2) is 19.7 Å². The second kappa shape index (κ2) is 6.77. The Morgan fingerprint density at radius 1 is 1.10 bits per heavy atom. The molecule has 5 aromatic rings. The molecule has 0 saturated heterocycles. The quantitative estimate of drug-likeness (QED) is 0.415. The number of halogens is 3. The smallest absolute Gasteiger partial charge is 0.337 e. The average Bonchev–Trinajstić information content (AvgIpc) is 3.35. The number of aromatic nitrogens is 4. The van der Waals surface area contributed by atoms with E-state index in [0.717, 1.165) is 22.2 Å². The van der Waals surface area contributed by atoms with E-state index in [1.54, 1.807) is 0 Å². The van der Waals surface area contributed by atoms with Crippen LogP contribution < -0.4 is 5.56 Å². The van der Waals surface area contributed by atoms with Crippen molar-refractivity contribution in [3.05, 3.63) is 76.7 Å². The Morgan fingerprint density at radius 2 is 1.93 bits per heavy atom. The van der Waals surface area contributed by atoms with Gasteiger partial charge in [-0.3, -0.25) is 9.36 Å². The van der Waals surface area contributed by atoms with Gasteiger partial charge in [-0.25, -0.2) is 4.98 Å². The van der Waals surface area contributed by atoms with Gasteiger partial charge in [0.05, 0.1) is 17.4 Å². The van der Waals surface area contributed by atoms with Gasteiger partial charge in [-0.05, 0) is 18.2 Å². The van der Waals surface area contributed by atoms with Gasteiger partial charge in [-0.15, -0.1) is 11.3 Å². The minimum absolute atomic E-state index is 0.0139. The summed E-state index contributed by atoms with van der Waals surface area (Å²) in [6, 6.07) is 12.3. The predicted molar refractivity (Wildman–Crippen MR) is 105 cm³/mol. The van der Waals surface area contributed by atoms with Gasteiger partial charge in [-0.2, -0.15) is 18.2 Å². The van der Waals surface area contributed by atoms with E-state index in [2.05, 4.69) is 15.1 Å². The first-order valence-electron chi connectivity index (χ1n) is 8.77. The number of thiophene rings is 1. The molecule has 30 heavy (non-hydrogen) atoms. The molecule has 150 valence electrons. The van der Waals surface area contributed by atoms with Crippen LogP contribution in [0.15, 0.2) is 64.2 Å². The van der Waals surface area contributed by atoms with E-state index in [9.17, 15) is 18.0 Å². The third kappa shape index (κ3) is 3.14. The van der Waals surface area contributed by atoms with Crippen LogP contribution in [0, 0.1) is 0 Å². The highest BCUT2D eigenvalue weighted by atomic mass is 32.1. The summed E-state index contributed by atoms with van der Waals surface area (Å²) in [6.07, 6.45) is -3.07. The molecule has 0 amide bonds. The molecule has 0 saturated carbocycles. The van der Waals surface area contributed by atoms with Crippen LogP contribution >= 0.6 is 11.3 Å². The second-order valence-corrected chi connectivity index (χ2v) is 7.60. The minimum atomic E-state index is -4.47. The van der Waals surface area contributed by atoms with Gasteiger partial charge in [0.25, 0.3) is 5.56 Å². The normalized spacial score (nSPS) is 12.1. The van der Waals surface area contributed by atoms with Gasteiger partial charge in [-0.1, -0.05) is 35.5 Å². The van der Waals surface area contributed by atoms with Crippen molar-refractivity contribution < 1.29 is 17.7 Å². The number of nitrogens with zero attached hydrogens (tertiary/aromatic N) is 4. The van der Waals surface area contributed by atoms with Crippen molar-refractivity contribution in [2.45, 2.75) is 12.7 Å². The number of hydrogen-bond acceptors (Lipinski definition) is 6. The zero-order chi connectivity index (χ0) is 20.9. The van der Waals surface area contributed by atoms with Crippen molar-refractivity contribution in [2.24, 2.45) is 0 Å². The van der Waals surface area contributed by atoms with Crippen LogP contribution in [0.1, 0.15) is 11.5 Å². The van der Waals surface area contributed by atoms with Crippen LogP contribution in [0.5, 0.6) is 0 Å². The van der Waals surface area contributed by atoms with Crippen molar-refractivity contribution in [3.63, 3.8) is 0 Å². The number of benzene rings is 2. The Bertz CT molecular complexity index is 1450. The Kier molecular flexibility index (Phi) is 4.17. The third-order valence-electron chi connectivity index (χ3n) is 4.57. The number of hydrogen-bond donors (Lipinski definition) is 0. The SMILES string of the molecule is O=c1c2sc3ccccc3c2ncn1Cc1nc(-c2cccc(C(F)(F)F)c2)no1. The van der Waals surface area contributed by atoms with Gasteiger partial charge < -0.3 is 4.52 Å². The number of alkyl halides is 3. The molecule has 0 unspecified atom stereocenters. The molecular weight excluding hydrogens is 417 g/mol. The fraction of sp³-hybridized carbons (Fsp3) is 0.100. The van der Waals surface area contributed by atoms with Gasteiger partial charge in [0.15, 0.2) is 0 Å². The highest BCUT2D eigenvalue weighted by molar-refractivity contribution is 7.25. The fourth-order valence-corrected chi connectivity index (χ4v) is 4.25. The molecule has 0 radical (unpaired) electrons. The summed E-state index contributed by atoms with van der Waals surface area (Å²) in [4.78, 5) is 21.4. The van der Waals surface area contributed by atoms with Gasteiger partial charge in [0, 0.05) is 15.6 Å². The van der Waals surface area contributed by atoms with Crippen LogP contribution in [0.25, 0.3) is 31.7 Å². The first kappa shape index (κ1) is 18.5. The highest BCUT2D eigenvalue weighted by Gasteiger charge is 2.30. The average molecular weight is 428 g/mol. The fourth-order valence-electron chi connectivity index (χ4n) is 3.14. The lowest BCUT2D eigenvalue weighted by molar-refractivity contribution is -0.137. The van der Waals surface area contributed by atoms with Crippen molar-refractivity contribution in [3.8, 4) is 11.4 Å². The van der Waals surface area contributed by atoms with E-state index in [-0.39, 0.29) is 29.4 Å². The number of fused-ring (bicyclic) bond motifs is 3. The summed E-state index contributed by atoms with van der Waals surface area (Å²) in [5.74, 6) is 0.104. The van der Waals surface area contributed by atoms with Crippen molar-refractivity contribution in [2.75, 3.05) is 0 Å². The standard InChI is InChI=1S/C20H11F3N4O2S/c21-20(22,23)12-5-3-4-11(8-12)18-25-15(29-26-18)9-27-10-24-16-13-6-1-2-7-14(13)30-17(16)19(27)28/h1-8,10H,9H2. The Balaban J connectivity index is 1.48. The van der Waals surface area contributed by atoms with E-state index in [4.69, 9.17) is 4.52 Å². The minimum Gasteiger partial charge on any atom is -0.337 e. The Labute approximate surface area is 170 Å². The van der Waals surface area contributed by atoms with Gasteiger partial charge in [0.1, 0.15) is 11.2 Å². The summed E-state index contributed by atoms with van der Waals surface area (Å²) in [7, 11) is 0. The van der Waals surface area contributed by atoms with E-state index in [1.807, 2.05) is 24.3 Å². The summed E-state index contributed by atoms with van der Waals surface area (Å²) >= 11 is 1.35. The molecule has 10 heteroatoms. The van der Waals surface area contributed by atoms with Gasteiger partial charge in [0.2, 0.25) is 11.7 Å².